The van der Waals surface area contributed by atoms with Gasteiger partial charge in [0, 0.05) is 18.7 Å². The first-order valence-electron chi connectivity index (χ1n) is 7.02. The van der Waals surface area contributed by atoms with Crippen molar-refractivity contribution in [2.24, 2.45) is 10.7 Å². The highest BCUT2D eigenvalue weighted by molar-refractivity contribution is 6.28. The summed E-state index contributed by atoms with van der Waals surface area (Å²) >= 11 is 5.76. The number of anilines is 1. The number of ether oxygens (including phenoxy) is 1. The molecule has 1 aliphatic heterocycles. The summed E-state index contributed by atoms with van der Waals surface area (Å²) in [6.07, 6.45) is 3.07. The second kappa shape index (κ2) is 6.81. The molecule has 0 amide bonds. The second-order valence-corrected chi connectivity index (χ2v) is 5.17. The topological polar surface area (TPSA) is 76.9 Å². The Kier molecular flexibility index (Phi) is 4.60. The zero-order valence-corrected chi connectivity index (χ0v) is 12.8. The quantitative estimate of drug-likeness (QED) is 0.532. The Balaban J connectivity index is 2.01. The van der Waals surface area contributed by atoms with Crippen molar-refractivity contribution in [2.75, 3.05) is 37.1 Å². The minimum Gasteiger partial charge on any atom is -0.444 e. The summed E-state index contributed by atoms with van der Waals surface area (Å²) in [5, 5.41) is 0. The molecule has 0 radical (unpaired) electrons. The number of oxazole rings is 1. The van der Waals surface area contributed by atoms with E-state index in [1.54, 1.807) is 6.20 Å². The van der Waals surface area contributed by atoms with Crippen LogP contribution in [-0.2, 0) is 4.74 Å². The first kappa shape index (κ1) is 14.9. The van der Waals surface area contributed by atoms with Crippen molar-refractivity contribution in [3.8, 4) is 11.3 Å². The van der Waals surface area contributed by atoms with Gasteiger partial charge in [0.25, 0.3) is 0 Å². The molecule has 7 heteroatoms. The van der Waals surface area contributed by atoms with Crippen LogP contribution in [0, 0.1) is 0 Å². The van der Waals surface area contributed by atoms with E-state index in [1.165, 1.54) is 6.39 Å². The van der Waals surface area contributed by atoms with Crippen LogP contribution in [0.3, 0.4) is 0 Å². The van der Waals surface area contributed by atoms with E-state index in [2.05, 4.69) is 14.9 Å². The van der Waals surface area contributed by atoms with E-state index < -0.39 is 0 Å². The van der Waals surface area contributed by atoms with Crippen LogP contribution in [0.25, 0.3) is 11.3 Å². The molecule has 0 atom stereocenters. The number of nitrogens with two attached hydrogens (primary N) is 1. The first-order valence-corrected chi connectivity index (χ1v) is 7.56. The molecule has 1 fully saturated rings. The van der Waals surface area contributed by atoms with E-state index in [1.807, 2.05) is 18.2 Å². The summed E-state index contributed by atoms with van der Waals surface area (Å²) < 4.78 is 10.7. The lowest BCUT2D eigenvalue weighted by Gasteiger charge is -2.30. The number of rotatable bonds is 4. The molecule has 1 aromatic heterocycles. The average molecular weight is 321 g/mol. The molecule has 2 aromatic rings. The van der Waals surface area contributed by atoms with Gasteiger partial charge in [-0.25, -0.2) is 9.98 Å². The maximum Gasteiger partial charge on any atom is 0.181 e. The second-order valence-electron chi connectivity index (χ2n) is 4.91. The summed E-state index contributed by atoms with van der Waals surface area (Å²) in [6.45, 7) is 3.06. The van der Waals surface area contributed by atoms with Gasteiger partial charge in [0.05, 0.1) is 36.7 Å². The number of hydrogen-bond acceptors (Lipinski definition) is 5. The number of nitrogens with zero attached hydrogens (tertiary/aromatic N) is 3. The van der Waals surface area contributed by atoms with Gasteiger partial charge in [0.1, 0.15) is 5.84 Å². The van der Waals surface area contributed by atoms with Crippen molar-refractivity contribution in [1.82, 2.24) is 4.98 Å². The van der Waals surface area contributed by atoms with Crippen LogP contribution in [0.1, 0.15) is 0 Å². The Morgan fingerprint density at radius 3 is 2.86 bits per heavy atom. The molecule has 3 rings (SSSR count). The predicted molar refractivity (Wildman–Crippen MR) is 87.0 cm³/mol. The van der Waals surface area contributed by atoms with E-state index in [4.69, 9.17) is 26.5 Å². The van der Waals surface area contributed by atoms with Crippen LogP contribution in [0.4, 0.5) is 11.4 Å². The molecule has 6 nitrogen and oxygen atoms in total. The molecule has 1 saturated heterocycles. The van der Waals surface area contributed by atoms with Crippen LogP contribution in [-0.4, -0.2) is 43.0 Å². The summed E-state index contributed by atoms with van der Waals surface area (Å²) in [7, 11) is 0. The molecule has 2 heterocycles. The fourth-order valence-electron chi connectivity index (χ4n) is 2.38. The van der Waals surface area contributed by atoms with Crippen LogP contribution in [0.15, 0.2) is 40.2 Å². The highest BCUT2D eigenvalue weighted by Gasteiger charge is 2.16. The Labute approximate surface area is 133 Å². The summed E-state index contributed by atoms with van der Waals surface area (Å²) in [5.74, 6) is 1.26. The van der Waals surface area contributed by atoms with Gasteiger partial charge in [0.2, 0.25) is 0 Å². The molecule has 22 heavy (non-hydrogen) atoms. The van der Waals surface area contributed by atoms with Crippen molar-refractivity contribution in [2.45, 2.75) is 0 Å². The molecule has 0 saturated carbocycles. The predicted octanol–water partition coefficient (Wildman–Crippen LogP) is 2.41. The van der Waals surface area contributed by atoms with E-state index in [-0.39, 0.29) is 5.88 Å². The Hall–Kier alpha value is -2.05. The number of morpholine rings is 1. The third-order valence-electron chi connectivity index (χ3n) is 3.44. The van der Waals surface area contributed by atoms with Gasteiger partial charge in [-0.15, -0.1) is 11.6 Å². The fraction of sp³-hybridized carbons (Fsp3) is 0.333. The van der Waals surface area contributed by atoms with Crippen molar-refractivity contribution in [1.29, 1.82) is 0 Å². The number of benzene rings is 1. The molecule has 1 aromatic carbocycles. The standard InChI is InChI=1S/C15H17ClN4O2/c16-8-15(17)19-12-7-11(14-9-18-10-22-14)1-2-13(12)20-3-5-21-6-4-20/h1-2,7,9-10H,3-6,8H2,(H2,17,19). The van der Waals surface area contributed by atoms with Gasteiger partial charge in [-0.2, -0.15) is 0 Å². The van der Waals surface area contributed by atoms with Crippen molar-refractivity contribution in [3.05, 3.63) is 30.8 Å². The van der Waals surface area contributed by atoms with Gasteiger partial charge < -0.3 is 19.8 Å². The minimum absolute atomic E-state index is 0.190. The Morgan fingerprint density at radius 2 is 2.18 bits per heavy atom. The molecule has 116 valence electrons. The maximum absolute atomic E-state index is 5.81. The van der Waals surface area contributed by atoms with Crippen LogP contribution < -0.4 is 10.6 Å². The number of aliphatic imine (C=N–C) groups is 1. The average Bonchev–Trinajstić information content (AvgIpc) is 3.10. The van der Waals surface area contributed by atoms with E-state index in [0.717, 1.165) is 30.0 Å². The lowest BCUT2D eigenvalue weighted by molar-refractivity contribution is 0.123. The van der Waals surface area contributed by atoms with Crippen LogP contribution in [0.2, 0.25) is 0 Å². The zero-order chi connectivity index (χ0) is 15.4. The molecule has 2 N–H and O–H groups in total. The van der Waals surface area contributed by atoms with Gasteiger partial charge in [-0.1, -0.05) is 0 Å². The van der Waals surface area contributed by atoms with Crippen molar-refractivity contribution >= 4 is 28.8 Å². The first-order chi connectivity index (χ1) is 10.8. The number of amidine groups is 1. The Bertz CT molecular complexity index is 652. The molecular weight excluding hydrogens is 304 g/mol. The van der Waals surface area contributed by atoms with Gasteiger partial charge >= 0.3 is 0 Å². The van der Waals surface area contributed by atoms with Crippen LogP contribution in [0.5, 0.6) is 0 Å². The lowest BCUT2D eigenvalue weighted by Crippen LogP contribution is -2.36. The summed E-state index contributed by atoms with van der Waals surface area (Å²) in [6, 6.07) is 5.94. The smallest absolute Gasteiger partial charge is 0.181 e. The van der Waals surface area contributed by atoms with Crippen molar-refractivity contribution in [3.63, 3.8) is 0 Å². The number of halogens is 1. The molecular formula is C15H17ClN4O2. The molecule has 0 bridgehead atoms. The van der Waals surface area contributed by atoms with Crippen LogP contribution >= 0.6 is 11.6 Å². The van der Waals surface area contributed by atoms with E-state index in [0.29, 0.717) is 24.8 Å². The van der Waals surface area contributed by atoms with Gasteiger partial charge in [0.15, 0.2) is 12.2 Å². The number of aromatic nitrogens is 1. The summed E-state index contributed by atoms with van der Waals surface area (Å²) in [5.41, 5.74) is 8.50. The van der Waals surface area contributed by atoms with Crippen molar-refractivity contribution < 1.29 is 9.15 Å². The molecule has 1 aliphatic rings. The normalized spacial score (nSPS) is 16.0. The number of alkyl halides is 1. The zero-order valence-electron chi connectivity index (χ0n) is 12.0. The molecule has 0 unspecified atom stereocenters. The monoisotopic (exact) mass is 320 g/mol. The lowest BCUT2D eigenvalue weighted by atomic mass is 10.1. The van der Waals surface area contributed by atoms with E-state index >= 15 is 0 Å². The summed E-state index contributed by atoms with van der Waals surface area (Å²) in [4.78, 5) is 10.6. The van der Waals surface area contributed by atoms with E-state index in [9.17, 15) is 0 Å². The fourth-order valence-corrected chi connectivity index (χ4v) is 2.44. The minimum atomic E-state index is 0.190. The van der Waals surface area contributed by atoms with Gasteiger partial charge in [-0.05, 0) is 18.2 Å². The maximum atomic E-state index is 5.81. The SMILES string of the molecule is NC(CCl)=Nc1cc(-c2cnco2)ccc1N1CCOCC1. The molecule has 0 aliphatic carbocycles. The highest BCUT2D eigenvalue weighted by Crippen LogP contribution is 2.34. The third-order valence-corrected chi connectivity index (χ3v) is 3.72. The highest BCUT2D eigenvalue weighted by atomic mass is 35.5. The Morgan fingerprint density at radius 1 is 1.36 bits per heavy atom. The molecule has 0 spiro atoms. The third kappa shape index (κ3) is 3.23. The largest absolute Gasteiger partial charge is 0.444 e. The van der Waals surface area contributed by atoms with Gasteiger partial charge in [-0.3, -0.25) is 0 Å². The number of hydrogen-bond donors (Lipinski definition) is 1.